The predicted octanol–water partition coefficient (Wildman–Crippen LogP) is 2.88. The Morgan fingerprint density at radius 2 is 2.08 bits per heavy atom. The Labute approximate surface area is 140 Å². The zero-order valence-electron chi connectivity index (χ0n) is 13.4. The lowest BCUT2D eigenvalue weighted by Crippen LogP contribution is -2.48. The van der Waals surface area contributed by atoms with Gasteiger partial charge in [0, 0.05) is 25.8 Å². The minimum Gasteiger partial charge on any atom is -0.328 e. The number of aromatic nitrogens is 1. The van der Waals surface area contributed by atoms with E-state index in [1.54, 1.807) is 11.0 Å². The van der Waals surface area contributed by atoms with Gasteiger partial charge in [0.25, 0.3) is 5.91 Å². The highest BCUT2D eigenvalue weighted by molar-refractivity contribution is 5.92. The molecule has 1 atom stereocenters. The molecule has 2 heterocycles. The van der Waals surface area contributed by atoms with Crippen LogP contribution in [0.5, 0.6) is 0 Å². The maximum atomic E-state index is 13.6. The molecule has 1 amide bonds. The molecule has 0 bridgehead atoms. The zero-order chi connectivity index (χ0) is 16.5. The van der Waals surface area contributed by atoms with Gasteiger partial charge in [-0.3, -0.25) is 9.78 Å². The molecule has 0 radical (unpaired) electrons. The van der Waals surface area contributed by atoms with Crippen molar-refractivity contribution in [2.24, 2.45) is 0 Å². The first-order chi connectivity index (χ1) is 11.7. The number of benzene rings is 1. The van der Waals surface area contributed by atoms with Gasteiger partial charge in [-0.1, -0.05) is 18.2 Å². The van der Waals surface area contributed by atoms with Crippen molar-refractivity contribution in [1.29, 1.82) is 0 Å². The molecule has 5 heteroatoms. The molecule has 2 aliphatic rings. The third-order valence-electron chi connectivity index (χ3n) is 4.79. The zero-order valence-corrected chi connectivity index (χ0v) is 13.4. The van der Waals surface area contributed by atoms with Crippen LogP contribution in [0.1, 0.15) is 46.4 Å². The highest BCUT2D eigenvalue weighted by atomic mass is 19.1. The lowest BCUT2D eigenvalue weighted by Gasteiger charge is -2.36. The molecule has 4 rings (SSSR count). The van der Waals surface area contributed by atoms with Crippen molar-refractivity contribution in [2.45, 2.75) is 24.8 Å². The minimum absolute atomic E-state index is 0.0897. The van der Waals surface area contributed by atoms with Gasteiger partial charge in [0.1, 0.15) is 11.5 Å². The number of nitrogens with one attached hydrogen (secondary N) is 1. The van der Waals surface area contributed by atoms with Crippen LogP contribution < -0.4 is 5.32 Å². The van der Waals surface area contributed by atoms with E-state index in [2.05, 4.69) is 10.3 Å². The molecule has 1 aliphatic carbocycles. The molecule has 2 fully saturated rings. The van der Waals surface area contributed by atoms with E-state index in [9.17, 15) is 9.18 Å². The highest BCUT2D eigenvalue weighted by Gasteiger charge is 2.30. The molecular formula is C19H20FN3O. The standard InChI is InChI=1S/C19H20FN3O/c20-16-3-1-2-14(10-16)18-12-21-8-9-23(18)19(24)17-7-6-15(11-22-17)13-4-5-13/h1-3,6-7,10-11,13,18,21H,4-5,8-9,12H2. The molecule has 1 aliphatic heterocycles. The third kappa shape index (κ3) is 3.04. The Balaban J connectivity index is 1.58. The van der Waals surface area contributed by atoms with Crippen molar-refractivity contribution in [1.82, 2.24) is 15.2 Å². The van der Waals surface area contributed by atoms with E-state index in [-0.39, 0.29) is 17.8 Å². The predicted molar refractivity (Wildman–Crippen MR) is 89.3 cm³/mol. The van der Waals surface area contributed by atoms with E-state index in [0.29, 0.717) is 24.7 Å². The number of hydrogen-bond donors (Lipinski definition) is 1. The van der Waals surface area contributed by atoms with Crippen LogP contribution in [0, 0.1) is 5.82 Å². The summed E-state index contributed by atoms with van der Waals surface area (Å²) < 4.78 is 13.6. The molecule has 4 nitrogen and oxygen atoms in total. The Morgan fingerprint density at radius 3 is 2.79 bits per heavy atom. The lowest BCUT2D eigenvalue weighted by molar-refractivity contribution is 0.0628. The van der Waals surface area contributed by atoms with Crippen molar-refractivity contribution in [3.8, 4) is 0 Å². The van der Waals surface area contributed by atoms with Crippen LogP contribution in [0.2, 0.25) is 0 Å². The Kier molecular flexibility index (Phi) is 4.02. The molecule has 1 saturated heterocycles. The summed E-state index contributed by atoms with van der Waals surface area (Å²) in [7, 11) is 0. The SMILES string of the molecule is O=C(c1ccc(C2CC2)cn1)N1CCNCC1c1cccc(F)c1. The molecule has 1 aromatic heterocycles. The fourth-order valence-corrected chi connectivity index (χ4v) is 3.30. The molecular weight excluding hydrogens is 305 g/mol. The summed E-state index contributed by atoms with van der Waals surface area (Å²) in [5, 5.41) is 3.28. The van der Waals surface area contributed by atoms with Gasteiger partial charge in [-0.2, -0.15) is 0 Å². The average Bonchev–Trinajstić information content (AvgIpc) is 3.46. The number of amides is 1. The summed E-state index contributed by atoms with van der Waals surface area (Å²) in [6.07, 6.45) is 4.26. The third-order valence-corrected chi connectivity index (χ3v) is 4.79. The summed E-state index contributed by atoms with van der Waals surface area (Å²) in [4.78, 5) is 19.1. The van der Waals surface area contributed by atoms with E-state index < -0.39 is 0 Å². The summed E-state index contributed by atoms with van der Waals surface area (Å²) in [5.41, 5.74) is 2.49. The normalized spacial score (nSPS) is 20.9. The first-order valence-electron chi connectivity index (χ1n) is 8.45. The molecule has 1 N–H and O–H groups in total. The minimum atomic E-state index is -0.280. The van der Waals surface area contributed by atoms with Crippen molar-refractivity contribution < 1.29 is 9.18 Å². The number of piperazine rings is 1. The van der Waals surface area contributed by atoms with Crippen LogP contribution in [0.25, 0.3) is 0 Å². The van der Waals surface area contributed by atoms with Gasteiger partial charge in [0.2, 0.25) is 0 Å². The fourth-order valence-electron chi connectivity index (χ4n) is 3.30. The van der Waals surface area contributed by atoms with E-state index in [1.807, 2.05) is 24.4 Å². The van der Waals surface area contributed by atoms with Crippen LogP contribution in [0.15, 0.2) is 42.6 Å². The van der Waals surface area contributed by atoms with Crippen LogP contribution in [0.4, 0.5) is 4.39 Å². The quantitative estimate of drug-likeness (QED) is 0.944. The molecule has 2 aromatic rings. The van der Waals surface area contributed by atoms with Gasteiger partial charge < -0.3 is 10.2 Å². The number of nitrogens with zero attached hydrogens (tertiary/aromatic N) is 2. The van der Waals surface area contributed by atoms with Crippen LogP contribution in [-0.4, -0.2) is 35.4 Å². The van der Waals surface area contributed by atoms with Gasteiger partial charge >= 0.3 is 0 Å². The molecule has 1 saturated carbocycles. The molecule has 24 heavy (non-hydrogen) atoms. The van der Waals surface area contributed by atoms with E-state index in [1.165, 1.54) is 30.5 Å². The second kappa shape index (κ2) is 6.32. The van der Waals surface area contributed by atoms with Gasteiger partial charge in [-0.15, -0.1) is 0 Å². The molecule has 1 aromatic carbocycles. The average molecular weight is 325 g/mol. The summed E-state index contributed by atoms with van der Waals surface area (Å²) in [6, 6.07) is 10.1. The number of pyridine rings is 1. The monoisotopic (exact) mass is 325 g/mol. The number of rotatable bonds is 3. The Hall–Kier alpha value is -2.27. The van der Waals surface area contributed by atoms with E-state index in [0.717, 1.165) is 12.1 Å². The first kappa shape index (κ1) is 15.3. The molecule has 124 valence electrons. The van der Waals surface area contributed by atoms with Crippen LogP contribution in [-0.2, 0) is 0 Å². The summed E-state index contributed by atoms with van der Waals surface area (Å²) in [6.45, 7) is 1.94. The van der Waals surface area contributed by atoms with Gasteiger partial charge in [-0.05, 0) is 48.1 Å². The Morgan fingerprint density at radius 1 is 1.21 bits per heavy atom. The van der Waals surface area contributed by atoms with Crippen LogP contribution >= 0.6 is 0 Å². The van der Waals surface area contributed by atoms with E-state index >= 15 is 0 Å². The Bertz CT molecular complexity index is 743. The number of carbonyl (C=O) groups is 1. The lowest BCUT2D eigenvalue weighted by atomic mass is 10.0. The second-order valence-corrected chi connectivity index (χ2v) is 6.52. The van der Waals surface area contributed by atoms with Gasteiger partial charge in [0.05, 0.1) is 6.04 Å². The largest absolute Gasteiger partial charge is 0.328 e. The fraction of sp³-hybridized carbons (Fsp3) is 0.368. The maximum absolute atomic E-state index is 13.6. The van der Waals surface area contributed by atoms with Gasteiger partial charge in [0.15, 0.2) is 0 Å². The maximum Gasteiger partial charge on any atom is 0.273 e. The van der Waals surface area contributed by atoms with Crippen LogP contribution in [0.3, 0.4) is 0 Å². The number of hydrogen-bond acceptors (Lipinski definition) is 3. The van der Waals surface area contributed by atoms with E-state index in [4.69, 9.17) is 0 Å². The molecule has 0 spiro atoms. The first-order valence-corrected chi connectivity index (χ1v) is 8.45. The molecule has 1 unspecified atom stereocenters. The summed E-state index contributed by atoms with van der Waals surface area (Å²) in [5.74, 6) is 0.256. The van der Waals surface area contributed by atoms with Crippen molar-refractivity contribution in [3.05, 3.63) is 65.2 Å². The van der Waals surface area contributed by atoms with Crippen molar-refractivity contribution >= 4 is 5.91 Å². The summed E-state index contributed by atoms with van der Waals surface area (Å²) >= 11 is 0. The van der Waals surface area contributed by atoms with Gasteiger partial charge in [-0.25, -0.2) is 4.39 Å². The number of carbonyl (C=O) groups excluding carboxylic acids is 1. The highest BCUT2D eigenvalue weighted by Crippen LogP contribution is 2.39. The van der Waals surface area contributed by atoms with Crippen molar-refractivity contribution in [2.75, 3.05) is 19.6 Å². The second-order valence-electron chi connectivity index (χ2n) is 6.52. The number of halogens is 1. The smallest absolute Gasteiger partial charge is 0.273 e. The topological polar surface area (TPSA) is 45.2 Å². The van der Waals surface area contributed by atoms with Crippen molar-refractivity contribution in [3.63, 3.8) is 0 Å².